The number of hydrogen-bond acceptors (Lipinski definition) is 3. The van der Waals surface area contributed by atoms with Gasteiger partial charge >= 0.3 is 6.18 Å². The molecule has 1 aromatic carbocycles. The van der Waals surface area contributed by atoms with Crippen LogP contribution in [0.2, 0.25) is 5.02 Å². The van der Waals surface area contributed by atoms with Crippen molar-refractivity contribution >= 4 is 17.5 Å². The van der Waals surface area contributed by atoms with Crippen LogP contribution in [0.15, 0.2) is 48.7 Å². The van der Waals surface area contributed by atoms with Crippen molar-refractivity contribution in [3.63, 3.8) is 0 Å². The zero-order valence-corrected chi connectivity index (χ0v) is 15.5. The summed E-state index contributed by atoms with van der Waals surface area (Å²) in [5.74, 6) is -0.726. The number of carbonyl (C=O) groups is 1. The van der Waals surface area contributed by atoms with Crippen molar-refractivity contribution in [1.82, 2.24) is 19.7 Å². The SMILES string of the molecule is Cn1cccc1CNC(=O)COc1cc(C(F)(F)F)nn1-c1ccccc1Cl. The average Bonchev–Trinajstić information content (AvgIpc) is 3.24. The zero-order valence-electron chi connectivity index (χ0n) is 14.7. The standard InChI is InChI=1S/C18H16ClF3N4O2/c1-25-8-4-5-12(25)10-23-16(27)11-28-17-9-15(18(20,21)22)24-26(17)14-7-3-2-6-13(14)19/h2-9H,10-11H2,1H3,(H,23,27). The lowest BCUT2D eigenvalue weighted by molar-refractivity contribution is -0.141. The smallest absolute Gasteiger partial charge is 0.435 e. The molecule has 0 aliphatic heterocycles. The van der Waals surface area contributed by atoms with Gasteiger partial charge < -0.3 is 14.6 Å². The number of hydrogen-bond donors (Lipinski definition) is 1. The van der Waals surface area contributed by atoms with E-state index in [-0.39, 0.29) is 23.1 Å². The van der Waals surface area contributed by atoms with Gasteiger partial charge in [0.2, 0.25) is 5.88 Å². The first-order valence-electron chi connectivity index (χ1n) is 8.17. The van der Waals surface area contributed by atoms with Crippen molar-refractivity contribution in [2.24, 2.45) is 7.05 Å². The molecule has 28 heavy (non-hydrogen) atoms. The first-order valence-corrected chi connectivity index (χ1v) is 8.55. The van der Waals surface area contributed by atoms with Crippen LogP contribution in [0.1, 0.15) is 11.4 Å². The number of ether oxygens (including phenoxy) is 1. The van der Waals surface area contributed by atoms with Gasteiger partial charge in [-0.05, 0) is 24.3 Å². The van der Waals surface area contributed by atoms with E-state index in [1.807, 2.05) is 29.9 Å². The molecule has 0 atom stereocenters. The number of halogens is 4. The molecule has 1 N–H and O–H groups in total. The lowest BCUT2D eigenvalue weighted by Crippen LogP contribution is -2.29. The van der Waals surface area contributed by atoms with Crippen molar-refractivity contribution < 1.29 is 22.7 Å². The van der Waals surface area contributed by atoms with Crippen LogP contribution in [0, 0.1) is 0 Å². The molecule has 3 rings (SSSR count). The predicted molar refractivity (Wildman–Crippen MR) is 96.3 cm³/mol. The highest BCUT2D eigenvalue weighted by Crippen LogP contribution is 2.33. The molecule has 0 aliphatic carbocycles. The van der Waals surface area contributed by atoms with Crippen LogP contribution in [-0.4, -0.2) is 26.9 Å². The maximum Gasteiger partial charge on any atom is 0.435 e. The van der Waals surface area contributed by atoms with Gasteiger partial charge in [-0.3, -0.25) is 4.79 Å². The molecule has 6 nitrogen and oxygen atoms in total. The highest BCUT2D eigenvalue weighted by Gasteiger charge is 2.35. The quantitative estimate of drug-likeness (QED) is 0.673. The van der Waals surface area contributed by atoms with Gasteiger partial charge in [0.15, 0.2) is 12.3 Å². The fourth-order valence-electron chi connectivity index (χ4n) is 2.46. The van der Waals surface area contributed by atoms with Crippen molar-refractivity contribution in [2.45, 2.75) is 12.7 Å². The number of nitrogens with one attached hydrogen (secondary N) is 1. The van der Waals surface area contributed by atoms with Crippen molar-refractivity contribution in [3.8, 4) is 11.6 Å². The molecular formula is C18H16ClF3N4O2. The van der Waals surface area contributed by atoms with E-state index in [4.69, 9.17) is 16.3 Å². The summed E-state index contributed by atoms with van der Waals surface area (Å²) in [5.41, 5.74) is -0.0701. The Labute approximate surface area is 163 Å². The van der Waals surface area contributed by atoms with Crippen molar-refractivity contribution in [3.05, 3.63) is 65.1 Å². The topological polar surface area (TPSA) is 61.1 Å². The van der Waals surface area contributed by atoms with E-state index in [1.54, 1.807) is 12.1 Å². The summed E-state index contributed by atoms with van der Waals surface area (Å²) in [4.78, 5) is 12.0. The molecule has 0 bridgehead atoms. The zero-order chi connectivity index (χ0) is 20.3. The van der Waals surface area contributed by atoms with Gasteiger partial charge in [-0.2, -0.15) is 23.0 Å². The van der Waals surface area contributed by atoms with Gasteiger partial charge in [0.05, 0.1) is 17.3 Å². The number of rotatable bonds is 6. The molecule has 2 heterocycles. The number of alkyl halides is 3. The van der Waals surface area contributed by atoms with Crippen molar-refractivity contribution in [1.29, 1.82) is 0 Å². The van der Waals surface area contributed by atoms with E-state index in [0.717, 1.165) is 16.4 Å². The summed E-state index contributed by atoms with van der Waals surface area (Å²) in [7, 11) is 1.83. The summed E-state index contributed by atoms with van der Waals surface area (Å²) in [6.45, 7) is -0.207. The summed E-state index contributed by atoms with van der Waals surface area (Å²) in [6, 6.07) is 10.7. The van der Waals surface area contributed by atoms with Crippen LogP contribution >= 0.6 is 11.6 Å². The van der Waals surface area contributed by atoms with E-state index in [9.17, 15) is 18.0 Å². The third-order valence-corrected chi connectivity index (χ3v) is 4.24. The third kappa shape index (κ3) is 4.48. The van der Waals surface area contributed by atoms with Gasteiger partial charge in [0.25, 0.3) is 5.91 Å². The first-order chi connectivity index (χ1) is 13.3. The Morgan fingerprint density at radius 2 is 2.00 bits per heavy atom. The van der Waals surface area contributed by atoms with Crippen molar-refractivity contribution in [2.75, 3.05) is 6.61 Å². The van der Waals surface area contributed by atoms with Gasteiger partial charge in [-0.15, -0.1) is 0 Å². The number of aryl methyl sites for hydroxylation is 1. The molecule has 148 valence electrons. The third-order valence-electron chi connectivity index (χ3n) is 3.92. The van der Waals surface area contributed by atoms with Gasteiger partial charge in [-0.25, -0.2) is 0 Å². The minimum absolute atomic E-state index is 0.192. The summed E-state index contributed by atoms with van der Waals surface area (Å²) in [6.07, 6.45) is -2.84. The molecule has 0 radical (unpaired) electrons. The molecule has 3 aromatic rings. The molecule has 0 saturated carbocycles. The second-order valence-electron chi connectivity index (χ2n) is 5.90. The Morgan fingerprint density at radius 3 is 2.64 bits per heavy atom. The number of amides is 1. The largest absolute Gasteiger partial charge is 0.467 e. The van der Waals surface area contributed by atoms with Crippen LogP contribution < -0.4 is 10.1 Å². The van der Waals surface area contributed by atoms with Crippen LogP contribution in [0.4, 0.5) is 13.2 Å². The van der Waals surface area contributed by atoms with E-state index >= 15 is 0 Å². The van der Waals surface area contributed by atoms with Crippen LogP contribution in [0.5, 0.6) is 5.88 Å². The normalized spacial score (nSPS) is 11.5. The second kappa shape index (κ2) is 7.97. The molecule has 0 spiro atoms. The number of nitrogens with zero attached hydrogens (tertiary/aromatic N) is 3. The monoisotopic (exact) mass is 412 g/mol. The Kier molecular flexibility index (Phi) is 5.64. The first kappa shape index (κ1) is 19.8. The lowest BCUT2D eigenvalue weighted by Gasteiger charge is -2.11. The number of carbonyl (C=O) groups excluding carboxylic acids is 1. The molecular weight excluding hydrogens is 397 g/mol. The Morgan fingerprint density at radius 1 is 1.25 bits per heavy atom. The van der Waals surface area contributed by atoms with Gasteiger partial charge in [0, 0.05) is 25.0 Å². The van der Waals surface area contributed by atoms with Gasteiger partial charge in [-0.1, -0.05) is 23.7 Å². The van der Waals surface area contributed by atoms with Crippen LogP contribution in [0.3, 0.4) is 0 Å². The number of aromatic nitrogens is 3. The molecule has 2 aromatic heterocycles. The average molecular weight is 413 g/mol. The molecule has 0 saturated heterocycles. The maximum atomic E-state index is 13.1. The highest BCUT2D eigenvalue weighted by atomic mass is 35.5. The Hall–Kier alpha value is -2.94. The van der Waals surface area contributed by atoms with Crippen LogP contribution in [-0.2, 0) is 24.6 Å². The highest BCUT2D eigenvalue weighted by molar-refractivity contribution is 6.32. The summed E-state index contributed by atoms with van der Waals surface area (Å²) >= 11 is 6.06. The fraction of sp³-hybridized carbons (Fsp3) is 0.222. The Balaban J connectivity index is 1.75. The lowest BCUT2D eigenvalue weighted by atomic mass is 10.3. The van der Waals surface area contributed by atoms with E-state index in [1.165, 1.54) is 12.1 Å². The number of para-hydroxylation sites is 1. The predicted octanol–water partition coefficient (Wildman–Crippen LogP) is 3.58. The molecule has 1 amide bonds. The van der Waals surface area contributed by atoms with E-state index in [0.29, 0.717) is 0 Å². The second-order valence-corrected chi connectivity index (χ2v) is 6.31. The van der Waals surface area contributed by atoms with Crippen LogP contribution in [0.25, 0.3) is 5.69 Å². The molecule has 10 heteroatoms. The van der Waals surface area contributed by atoms with Gasteiger partial charge in [0.1, 0.15) is 0 Å². The minimum atomic E-state index is -4.67. The van der Waals surface area contributed by atoms with E-state index in [2.05, 4.69) is 10.4 Å². The fourth-order valence-corrected chi connectivity index (χ4v) is 2.68. The molecule has 0 unspecified atom stereocenters. The summed E-state index contributed by atoms with van der Waals surface area (Å²) < 4.78 is 47.3. The Bertz CT molecular complexity index is 981. The summed E-state index contributed by atoms with van der Waals surface area (Å²) in [5, 5.41) is 6.37. The molecule has 0 fully saturated rings. The maximum absolute atomic E-state index is 13.1. The number of benzene rings is 1. The molecule has 0 aliphatic rings. The van der Waals surface area contributed by atoms with E-state index < -0.39 is 24.4 Å². The minimum Gasteiger partial charge on any atom is -0.467 e.